The Kier molecular flexibility index (Phi) is 7.56. The van der Waals surface area contributed by atoms with E-state index in [4.69, 9.17) is 0 Å². The molecule has 1 fully saturated rings. The average Bonchev–Trinajstić information content (AvgIpc) is 3.39. The molecule has 4 N–H and O–H groups in total. The smallest absolute Gasteiger partial charge is 0.338 e. The fourth-order valence-corrected chi connectivity index (χ4v) is 7.58. The molecule has 7 rings (SSSR count). The third kappa shape index (κ3) is 5.41. The molecule has 10 nitrogen and oxygen atoms in total. The Morgan fingerprint density at radius 2 is 1.46 bits per heavy atom. The molecule has 1 aromatic heterocycles. The van der Waals surface area contributed by atoms with Gasteiger partial charge in [0, 0.05) is 19.1 Å². The predicted octanol–water partition coefficient (Wildman–Crippen LogP) is 5.97. The van der Waals surface area contributed by atoms with Crippen molar-refractivity contribution in [3.05, 3.63) is 125 Å². The summed E-state index contributed by atoms with van der Waals surface area (Å²) in [6, 6.07) is 30.3. The number of imidazole rings is 1. The zero-order valence-electron chi connectivity index (χ0n) is 24.7. The molecule has 0 bridgehead atoms. The lowest BCUT2D eigenvalue weighted by atomic mass is 9.99. The first-order valence-electron chi connectivity index (χ1n) is 15.0. The number of anilines is 1. The largest absolute Gasteiger partial charge is 0.342 e. The summed E-state index contributed by atoms with van der Waals surface area (Å²) in [5, 5.41) is 5.56. The molecule has 11 heteroatoms. The molecule has 232 valence electrons. The van der Waals surface area contributed by atoms with Crippen molar-refractivity contribution >= 4 is 57.7 Å². The lowest BCUT2D eigenvalue weighted by molar-refractivity contribution is -0.116. The highest BCUT2D eigenvalue weighted by atomic mass is 31.2. The molecule has 2 amide bonds. The zero-order chi connectivity index (χ0) is 32.0. The quantitative estimate of drug-likeness (QED) is 0.166. The molecule has 1 aliphatic rings. The van der Waals surface area contributed by atoms with Crippen molar-refractivity contribution in [1.29, 1.82) is 0 Å². The number of carbonyl (C=O) groups is 2. The Hall–Kier alpha value is -5.02. The van der Waals surface area contributed by atoms with Gasteiger partial charge in [0.15, 0.2) is 5.66 Å². The van der Waals surface area contributed by atoms with Gasteiger partial charge >= 0.3 is 13.3 Å². The van der Waals surface area contributed by atoms with Gasteiger partial charge in [-0.15, -0.1) is 0 Å². The van der Waals surface area contributed by atoms with Crippen LogP contribution in [-0.2, 0) is 9.36 Å². The molecule has 6 aromatic rings. The van der Waals surface area contributed by atoms with Crippen molar-refractivity contribution in [2.24, 2.45) is 0 Å². The molecule has 2 heterocycles. The maximum absolute atomic E-state index is 14.1. The van der Waals surface area contributed by atoms with Crippen LogP contribution in [0.2, 0.25) is 0 Å². The number of amides is 2. The number of aromatic amines is 1. The van der Waals surface area contributed by atoms with E-state index >= 15 is 0 Å². The lowest BCUT2D eigenvalue weighted by Gasteiger charge is -2.33. The van der Waals surface area contributed by atoms with Crippen LogP contribution >= 0.6 is 7.60 Å². The van der Waals surface area contributed by atoms with E-state index in [1.54, 1.807) is 45.9 Å². The van der Waals surface area contributed by atoms with Crippen molar-refractivity contribution in [3.8, 4) is 0 Å². The molecule has 1 unspecified atom stereocenters. The number of rotatable bonds is 6. The Morgan fingerprint density at radius 1 is 0.826 bits per heavy atom. The molecule has 1 saturated heterocycles. The number of para-hydroxylation sites is 2. The number of fused-ring (bicyclic) bond motifs is 3. The third-order valence-corrected chi connectivity index (χ3v) is 10.0. The van der Waals surface area contributed by atoms with Gasteiger partial charge in [0.1, 0.15) is 0 Å². The van der Waals surface area contributed by atoms with Crippen molar-refractivity contribution in [1.82, 2.24) is 14.5 Å². The van der Waals surface area contributed by atoms with Crippen LogP contribution in [0.3, 0.4) is 0 Å². The Balaban J connectivity index is 1.20. The van der Waals surface area contributed by atoms with Crippen molar-refractivity contribution in [3.63, 3.8) is 0 Å². The first-order chi connectivity index (χ1) is 22.2. The van der Waals surface area contributed by atoms with Crippen LogP contribution in [0.15, 0.2) is 108 Å². The van der Waals surface area contributed by atoms with E-state index < -0.39 is 19.2 Å². The second-order valence-electron chi connectivity index (χ2n) is 11.6. The average molecular weight is 635 g/mol. The van der Waals surface area contributed by atoms with Crippen molar-refractivity contribution in [2.75, 3.05) is 18.4 Å². The summed E-state index contributed by atoms with van der Waals surface area (Å²) in [5.41, 5.74) is 0.198. The molecular formula is C35H31N4O6P. The number of nitrogens with zero attached hydrogens (tertiary/aromatic N) is 2. The van der Waals surface area contributed by atoms with Gasteiger partial charge in [-0.3, -0.25) is 18.7 Å². The number of hydrogen-bond donors (Lipinski definition) is 4. The van der Waals surface area contributed by atoms with Gasteiger partial charge in [-0.05, 0) is 64.2 Å². The molecule has 0 spiro atoms. The Morgan fingerprint density at radius 3 is 2.20 bits per heavy atom. The number of carbonyl (C=O) groups excluding carboxylic acids is 2. The summed E-state index contributed by atoms with van der Waals surface area (Å²) in [7, 11) is -5.00. The summed E-state index contributed by atoms with van der Waals surface area (Å²) in [5.74, 6) is -1.23. The van der Waals surface area contributed by atoms with Gasteiger partial charge in [-0.1, -0.05) is 78.9 Å². The number of likely N-dealkylation sites (tertiary alicyclic amines) is 1. The fraction of sp³-hybridized carbons (Fsp3) is 0.171. The minimum atomic E-state index is -5.00. The van der Waals surface area contributed by atoms with Crippen LogP contribution < -0.4 is 11.0 Å². The molecular weight excluding hydrogens is 603 g/mol. The van der Waals surface area contributed by atoms with Crippen LogP contribution in [0.25, 0.3) is 32.6 Å². The third-order valence-electron chi connectivity index (χ3n) is 8.82. The summed E-state index contributed by atoms with van der Waals surface area (Å²) < 4.78 is 14.6. The highest BCUT2D eigenvalue weighted by Gasteiger charge is 2.39. The van der Waals surface area contributed by atoms with Crippen LogP contribution in [-0.4, -0.2) is 49.1 Å². The molecule has 5 aromatic carbocycles. The standard InChI is InChI=1S/C35H31N4O6P/c40-33(32(46(43,44)45)27-13-7-11-22-8-3-4-12-26(22)27)36-30-21-24-10-2-1-9-23(24)20-28(30)34(41)38-18-16-25(17-19-38)39-31-15-6-5-14-29(31)37-35(39)42/h1-15,20-21,25,32H,16-19H2,(H,36,40)(H,37,42)(H2,43,44,45). The first kappa shape index (κ1) is 29.7. The highest BCUT2D eigenvalue weighted by molar-refractivity contribution is 7.53. The first-order valence-corrected chi connectivity index (χ1v) is 16.7. The monoisotopic (exact) mass is 634 g/mol. The van der Waals surface area contributed by atoms with E-state index in [1.807, 2.05) is 66.7 Å². The van der Waals surface area contributed by atoms with E-state index in [2.05, 4.69) is 10.3 Å². The topological polar surface area (TPSA) is 145 Å². The second-order valence-corrected chi connectivity index (χ2v) is 13.3. The maximum atomic E-state index is 14.1. The molecule has 0 radical (unpaired) electrons. The van der Waals surface area contributed by atoms with Crippen LogP contribution in [0.4, 0.5) is 5.69 Å². The fourth-order valence-electron chi connectivity index (χ4n) is 6.62. The minimum absolute atomic E-state index is 0.0896. The van der Waals surface area contributed by atoms with Gasteiger partial charge in [0.25, 0.3) is 5.91 Å². The van der Waals surface area contributed by atoms with Crippen LogP contribution in [0.1, 0.15) is 40.5 Å². The summed E-state index contributed by atoms with van der Waals surface area (Å²) >= 11 is 0. The second kappa shape index (κ2) is 11.7. The molecule has 46 heavy (non-hydrogen) atoms. The number of H-pyrrole nitrogens is 1. The Bertz CT molecular complexity index is 2240. The SMILES string of the molecule is O=C(Nc1cc2ccccc2cc1C(=O)N1CCC(n2c(=O)[nH]c3ccccc32)CC1)C(c1cccc2ccccc12)P(=O)(O)O. The van der Waals surface area contributed by atoms with E-state index in [0.29, 0.717) is 31.3 Å². The van der Waals surface area contributed by atoms with Crippen molar-refractivity contribution < 1.29 is 23.9 Å². The van der Waals surface area contributed by atoms with E-state index in [-0.39, 0.29) is 34.5 Å². The number of nitrogens with one attached hydrogen (secondary N) is 2. The van der Waals surface area contributed by atoms with E-state index in [1.165, 1.54) is 0 Å². The normalized spacial score (nSPS) is 15.0. The van der Waals surface area contributed by atoms with Gasteiger partial charge in [0.05, 0.1) is 22.3 Å². The molecule has 0 aliphatic carbocycles. The van der Waals surface area contributed by atoms with Gasteiger partial charge in [0.2, 0.25) is 5.91 Å². The highest BCUT2D eigenvalue weighted by Crippen LogP contribution is 2.53. The summed E-state index contributed by atoms with van der Waals surface area (Å²) in [6.07, 6.45) is 1.12. The molecule has 1 aliphatic heterocycles. The summed E-state index contributed by atoms with van der Waals surface area (Å²) in [6.45, 7) is 0.771. The maximum Gasteiger partial charge on any atom is 0.342 e. The number of piperidine rings is 1. The molecule has 1 atom stereocenters. The number of benzene rings is 5. The number of aromatic nitrogens is 2. The van der Waals surface area contributed by atoms with E-state index in [0.717, 1.165) is 27.2 Å². The zero-order valence-corrected chi connectivity index (χ0v) is 25.6. The lowest BCUT2D eigenvalue weighted by Crippen LogP contribution is -2.40. The minimum Gasteiger partial charge on any atom is -0.338 e. The summed E-state index contributed by atoms with van der Waals surface area (Å²) in [4.78, 5) is 66.1. The van der Waals surface area contributed by atoms with Gasteiger partial charge in [-0.2, -0.15) is 0 Å². The van der Waals surface area contributed by atoms with Gasteiger partial charge < -0.3 is 25.0 Å². The number of hydrogen-bond acceptors (Lipinski definition) is 4. The predicted molar refractivity (Wildman–Crippen MR) is 178 cm³/mol. The molecule has 0 saturated carbocycles. The Labute approximate surface area is 263 Å². The van der Waals surface area contributed by atoms with Crippen LogP contribution in [0, 0.1) is 0 Å². The van der Waals surface area contributed by atoms with E-state index in [9.17, 15) is 28.7 Å². The van der Waals surface area contributed by atoms with Gasteiger partial charge in [-0.25, -0.2) is 4.79 Å². The van der Waals surface area contributed by atoms with Crippen LogP contribution in [0.5, 0.6) is 0 Å². The van der Waals surface area contributed by atoms with Crippen molar-refractivity contribution in [2.45, 2.75) is 24.5 Å².